The third kappa shape index (κ3) is 3.14. The van der Waals surface area contributed by atoms with Crippen LogP contribution in [0.15, 0.2) is 30.5 Å². The summed E-state index contributed by atoms with van der Waals surface area (Å²) in [5, 5.41) is 16.4. The molecule has 0 radical (unpaired) electrons. The van der Waals surface area contributed by atoms with E-state index in [-0.39, 0.29) is 12.1 Å². The number of anilines is 1. The molecule has 0 amide bonds. The number of hydrogen-bond donors (Lipinski definition) is 2. The van der Waals surface area contributed by atoms with Gasteiger partial charge >= 0.3 is 5.97 Å². The SMILES string of the molecule is Cc1cn(CCF)nc1NCc1ccccc1C(=O)O. The lowest BCUT2D eigenvalue weighted by molar-refractivity contribution is 0.0696. The van der Waals surface area contributed by atoms with Crippen LogP contribution in [-0.4, -0.2) is 27.5 Å². The molecule has 106 valence electrons. The van der Waals surface area contributed by atoms with E-state index in [0.29, 0.717) is 17.9 Å². The highest BCUT2D eigenvalue weighted by Gasteiger charge is 2.10. The van der Waals surface area contributed by atoms with Crippen LogP contribution in [0, 0.1) is 6.92 Å². The number of nitrogens with zero attached hydrogens (tertiary/aromatic N) is 2. The second-order valence-corrected chi connectivity index (χ2v) is 4.43. The second-order valence-electron chi connectivity index (χ2n) is 4.43. The van der Waals surface area contributed by atoms with Crippen LogP contribution in [0.4, 0.5) is 10.2 Å². The van der Waals surface area contributed by atoms with Gasteiger partial charge in [0.25, 0.3) is 0 Å². The molecule has 1 aromatic heterocycles. The Kier molecular flexibility index (Phi) is 4.34. The summed E-state index contributed by atoms with van der Waals surface area (Å²) in [6.45, 7) is 1.97. The molecule has 20 heavy (non-hydrogen) atoms. The summed E-state index contributed by atoms with van der Waals surface area (Å²) in [5.41, 5.74) is 1.84. The summed E-state index contributed by atoms with van der Waals surface area (Å²) >= 11 is 0. The van der Waals surface area contributed by atoms with Crippen LogP contribution < -0.4 is 5.32 Å². The van der Waals surface area contributed by atoms with Crippen LogP contribution >= 0.6 is 0 Å². The molecular weight excluding hydrogens is 261 g/mol. The standard InChI is InChI=1S/C14H16FN3O2/c1-10-9-18(7-6-15)17-13(10)16-8-11-4-2-3-5-12(11)14(19)20/h2-5,9H,6-8H2,1H3,(H,16,17)(H,19,20). The molecule has 0 bridgehead atoms. The van der Waals surface area contributed by atoms with E-state index in [1.165, 1.54) is 4.68 Å². The maximum absolute atomic E-state index is 12.3. The molecule has 0 aliphatic heterocycles. The summed E-state index contributed by atoms with van der Waals surface area (Å²) in [6, 6.07) is 6.80. The normalized spacial score (nSPS) is 10.5. The highest BCUT2D eigenvalue weighted by molar-refractivity contribution is 5.89. The molecule has 0 saturated carbocycles. The molecule has 0 aliphatic carbocycles. The Morgan fingerprint density at radius 2 is 2.20 bits per heavy atom. The third-order valence-corrected chi connectivity index (χ3v) is 2.95. The van der Waals surface area contributed by atoms with Crippen molar-refractivity contribution < 1.29 is 14.3 Å². The number of carbonyl (C=O) groups is 1. The number of nitrogens with one attached hydrogen (secondary N) is 1. The van der Waals surface area contributed by atoms with Gasteiger partial charge in [0.2, 0.25) is 0 Å². The van der Waals surface area contributed by atoms with E-state index in [4.69, 9.17) is 5.11 Å². The van der Waals surface area contributed by atoms with Gasteiger partial charge in [-0.05, 0) is 18.6 Å². The first-order valence-corrected chi connectivity index (χ1v) is 6.27. The molecule has 2 aromatic rings. The number of aromatic nitrogens is 2. The Morgan fingerprint density at radius 3 is 2.90 bits per heavy atom. The van der Waals surface area contributed by atoms with Crippen molar-refractivity contribution in [3.63, 3.8) is 0 Å². The van der Waals surface area contributed by atoms with Crippen molar-refractivity contribution in [1.29, 1.82) is 0 Å². The Morgan fingerprint density at radius 1 is 1.45 bits per heavy atom. The number of carboxylic acid groups (broad SMARTS) is 1. The molecule has 2 rings (SSSR count). The molecule has 6 heteroatoms. The predicted molar refractivity (Wildman–Crippen MR) is 73.7 cm³/mol. The van der Waals surface area contributed by atoms with Crippen LogP contribution in [0.3, 0.4) is 0 Å². The topological polar surface area (TPSA) is 67.2 Å². The summed E-state index contributed by atoms with van der Waals surface area (Å²) < 4.78 is 13.8. The lowest BCUT2D eigenvalue weighted by atomic mass is 10.1. The van der Waals surface area contributed by atoms with E-state index >= 15 is 0 Å². The number of carboxylic acids is 1. The Hall–Kier alpha value is -2.37. The molecule has 0 atom stereocenters. The van der Waals surface area contributed by atoms with Gasteiger partial charge in [0.15, 0.2) is 5.82 Å². The third-order valence-electron chi connectivity index (χ3n) is 2.95. The van der Waals surface area contributed by atoms with Crippen LogP contribution in [0.25, 0.3) is 0 Å². The van der Waals surface area contributed by atoms with E-state index in [1.807, 2.05) is 6.92 Å². The van der Waals surface area contributed by atoms with Crippen molar-refractivity contribution in [3.05, 3.63) is 47.2 Å². The van der Waals surface area contributed by atoms with Crippen molar-refractivity contribution in [3.8, 4) is 0 Å². The minimum Gasteiger partial charge on any atom is -0.478 e. The van der Waals surface area contributed by atoms with Gasteiger partial charge in [0, 0.05) is 18.3 Å². The first kappa shape index (κ1) is 14.0. The number of benzene rings is 1. The van der Waals surface area contributed by atoms with E-state index in [1.54, 1.807) is 30.5 Å². The largest absolute Gasteiger partial charge is 0.478 e. The zero-order chi connectivity index (χ0) is 14.5. The van der Waals surface area contributed by atoms with Crippen LogP contribution in [0.5, 0.6) is 0 Å². The minimum absolute atomic E-state index is 0.217. The van der Waals surface area contributed by atoms with E-state index < -0.39 is 12.6 Å². The zero-order valence-electron chi connectivity index (χ0n) is 11.1. The highest BCUT2D eigenvalue weighted by Crippen LogP contribution is 2.15. The number of hydrogen-bond acceptors (Lipinski definition) is 3. The Balaban J connectivity index is 2.11. The van der Waals surface area contributed by atoms with Gasteiger partial charge in [-0.25, -0.2) is 9.18 Å². The fourth-order valence-electron chi connectivity index (χ4n) is 1.96. The first-order chi connectivity index (χ1) is 9.61. The number of halogens is 1. The lowest BCUT2D eigenvalue weighted by Crippen LogP contribution is -2.08. The van der Waals surface area contributed by atoms with Crippen molar-refractivity contribution in [1.82, 2.24) is 9.78 Å². The fraction of sp³-hybridized carbons (Fsp3) is 0.286. The summed E-state index contributed by atoms with van der Waals surface area (Å²) in [7, 11) is 0. The van der Waals surface area contributed by atoms with Gasteiger partial charge in [-0.15, -0.1) is 0 Å². The highest BCUT2D eigenvalue weighted by atomic mass is 19.1. The molecule has 1 heterocycles. The average Bonchev–Trinajstić information content (AvgIpc) is 2.77. The number of alkyl halides is 1. The molecule has 0 saturated heterocycles. The summed E-state index contributed by atoms with van der Waals surface area (Å²) in [4.78, 5) is 11.1. The maximum atomic E-state index is 12.3. The molecule has 1 aromatic carbocycles. The zero-order valence-corrected chi connectivity index (χ0v) is 11.1. The van der Waals surface area contributed by atoms with Gasteiger partial charge in [-0.1, -0.05) is 18.2 Å². The monoisotopic (exact) mass is 277 g/mol. The van der Waals surface area contributed by atoms with Crippen molar-refractivity contribution in [2.24, 2.45) is 0 Å². The van der Waals surface area contributed by atoms with Gasteiger partial charge in [-0.2, -0.15) is 5.10 Å². The average molecular weight is 277 g/mol. The van der Waals surface area contributed by atoms with Gasteiger partial charge in [0.05, 0.1) is 12.1 Å². The smallest absolute Gasteiger partial charge is 0.336 e. The quantitative estimate of drug-likeness (QED) is 0.851. The molecule has 0 spiro atoms. The first-order valence-electron chi connectivity index (χ1n) is 6.27. The molecule has 0 fully saturated rings. The van der Waals surface area contributed by atoms with Crippen LogP contribution in [0.2, 0.25) is 0 Å². The van der Waals surface area contributed by atoms with Gasteiger partial charge in [-0.3, -0.25) is 4.68 Å². The fourth-order valence-corrected chi connectivity index (χ4v) is 1.96. The van der Waals surface area contributed by atoms with Gasteiger partial charge in [0.1, 0.15) is 6.67 Å². The second kappa shape index (κ2) is 6.18. The van der Waals surface area contributed by atoms with E-state index in [9.17, 15) is 9.18 Å². The van der Waals surface area contributed by atoms with Crippen molar-refractivity contribution in [2.45, 2.75) is 20.0 Å². The summed E-state index contributed by atoms with van der Waals surface area (Å²) in [6.07, 6.45) is 1.75. The minimum atomic E-state index is -0.956. The molecule has 2 N–H and O–H groups in total. The molecule has 5 nitrogen and oxygen atoms in total. The van der Waals surface area contributed by atoms with Crippen LogP contribution in [0.1, 0.15) is 21.5 Å². The van der Waals surface area contributed by atoms with Gasteiger partial charge < -0.3 is 10.4 Å². The van der Waals surface area contributed by atoms with Crippen LogP contribution in [-0.2, 0) is 13.1 Å². The Bertz CT molecular complexity index is 610. The lowest BCUT2D eigenvalue weighted by Gasteiger charge is -2.07. The molecule has 0 aliphatic rings. The number of aryl methyl sites for hydroxylation is 2. The summed E-state index contributed by atoms with van der Waals surface area (Å²) in [5.74, 6) is -0.319. The van der Waals surface area contributed by atoms with Crippen molar-refractivity contribution >= 4 is 11.8 Å². The van der Waals surface area contributed by atoms with E-state index in [0.717, 1.165) is 5.56 Å². The van der Waals surface area contributed by atoms with E-state index in [2.05, 4.69) is 10.4 Å². The maximum Gasteiger partial charge on any atom is 0.336 e. The Labute approximate surface area is 116 Å². The number of aromatic carboxylic acids is 1. The molecular formula is C14H16FN3O2. The number of rotatable bonds is 6. The molecule has 0 unspecified atom stereocenters. The predicted octanol–water partition coefficient (Wildman–Crippen LogP) is 2.47. The van der Waals surface area contributed by atoms with Crippen molar-refractivity contribution in [2.75, 3.05) is 12.0 Å².